The summed E-state index contributed by atoms with van der Waals surface area (Å²) < 4.78 is 26.7. The van der Waals surface area contributed by atoms with E-state index >= 15 is 0 Å². The monoisotopic (exact) mass is 412 g/mol. The van der Waals surface area contributed by atoms with Crippen LogP contribution in [0.2, 0.25) is 0 Å². The molecule has 1 aliphatic rings. The zero-order valence-electron chi connectivity index (χ0n) is 15.7. The minimum Gasteiger partial charge on any atom is -0.356 e. The summed E-state index contributed by atoms with van der Waals surface area (Å²) in [4.78, 5) is 35.4. The molecule has 0 atom stereocenters. The molecule has 0 radical (unpaired) electrons. The van der Waals surface area contributed by atoms with E-state index in [9.17, 15) is 28.1 Å². The lowest BCUT2D eigenvalue weighted by Crippen LogP contribution is -2.50. The summed E-state index contributed by atoms with van der Waals surface area (Å²) in [5.74, 6) is -0.401. The van der Waals surface area contributed by atoms with Crippen LogP contribution in [-0.4, -0.2) is 67.1 Å². The quantitative estimate of drug-likeness (QED) is 0.495. The van der Waals surface area contributed by atoms with Crippen molar-refractivity contribution in [3.8, 4) is 0 Å². The molecule has 1 fully saturated rings. The lowest BCUT2D eigenvalue weighted by molar-refractivity contribution is -0.387. The summed E-state index contributed by atoms with van der Waals surface area (Å²) in [6.07, 6.45) is 0.968. The zero-order valence-corrected chi connectivity index (χ0v) is 16.5. The Bertz CT molecular complexity index is 834. The summed E-state index contributed by atoms with van der Waals surface area (Å²) in [5, 5.41) is 13.8. The number of hydrogen-bond acceptors (Lipinski definition) is 6. The average molecular weight is 412 g/mol. The maximum absolute atomic E-state index is 12.8. The molecule has 1 saturated heterocycles. The normalized spacial score (nSPS) is 15.2. The molecule has 1 aliphatic heterocycles. The fourth-order valence-corrected chi connectivity index (χ4v) is 4.45. The molecule has 0 spiro atoms. The smallest absolute Gasteiger partial charge is 0.289 e. The second kappa shape index (κ2) is 9.60. The first kappa shape index (κ1) is 21.8. The van der Waals surface area contributed by atoms with E-state index in [0.717, 1.165) is 16.8 Å². The van der Waals surface area contributed by atoms with E-state index in [1.54, 1.807) is 0 Å². The van der Waals surface area contributed by atoms with Crippen molar-refractivity contribution < 1.29 is 22.9 Å². The van der Waals surface area contributed by atoms with Crippen molar-refractivity contribution in [2.24, 2.45) is 0 Å². The highest BCUT2D eigenvalue weighted by molar-refractivity contribution is 7.89. The van der Waals surface area contributed by atoms with Gasteiger partial charge in [0.2, 0.25) is 21.8 Å². The van der Waals surface area contributed by atoms with Gasteiger partial charge in [0.15, 0.2) is 4.90 Å². The highest BCUT2D eigenvalue weighted by Crippen LogP contribution is 2.26. The van der Waals surface area contributed by atoms with Crippen LogP contribution in [0, 0.1) is 10.1 Å². The van der Waals surface area contributed by atoms with Crippen LogP contribution >= 0.6 is 0 Å². The SMILES string of the molecule is CCCNC(=O)CCC(=O)N1CCN(S(=O)(=O)c2ccccc2[N+](=O)[O-])CC1. The number of hydrogen-bond donors (Lipinski definition) is 1. The number of para-hydroxylation sites is 1. The number of piperazine rings is 1. The van der Waals surface area contributed by atoms with Gasteiger partial charge in [-0.3, -0.25) is 19.7 Å². The molecule has 2 amide bonds. The predicted octanol–water partition coefficient (Wildman–Crippen LogP) is 0.734. The zero-order chi connectivity index (χ0) is 20.7. The van der Waals surface area contributed by atoms with Crippen molar-refractivity contribution in [1.82, 2.24) is 14.5 Å². The van der Waals surface area contributed by atoms with Crippen LogP contribution in [0.3, 0.4) is 0 Å². The topological polar surface area (TPSA) is 130 Å². The van der Waals surface area contributed by atoms with Gasteiger partial charge in [0.25, 0.3) is 5.69 Å². The van der Waals surface area contributed by atoms with Crippen molar-refractivity contribution in [2.45, 2.75) is 31.1 Å². The first-order valence-corrected chi connectivity index (χ1v) is 10.5. The van der Waals surface area contributed by atoms with Crippen LogP contribution < -0.4 is 5.32 Å². The molecule has 1 heterocycles. The second-order valence-corrected chi connectivity index (χ2v) is 8.27. The first-order chi connectivity index (χ1) is 13.3. The van der Waals surface area contributed by atoms with Crippen molar-refractivity contribution in [2.75, 3.05) is 32.7 Å². The number of nitro benzene ring substituents is 1. The fraction of sp³-hybridized carbons (Fsp3) is 0.529. The maximum atomic E-state index is 12.8. The van der Waals surface area contributed by atoms with E-state index in [1.165, 1.54) is 23.1 Å². The summed E-state index contributed by atoms with van der Waals surface area (Å²) in [5.41, 5.74) is -0.473. The van der Waals surface area contributed by atoms with Gasteiger partial charge in [-0.05, 0) is 12.5 Å². The molecular formula is C17H24N4O6S. The number of amides is 2. The highest BCUT2D eigenvalue weighted by Gasteiger charge is 2.34. The van der Waals surface area contributed by atoms with E-state index in [4.69, 9.17) is 0 Å². The maximum Gasteiger partial charge on any atom is 0.289 e. The summed E-state index contributed by atoms with van der Waals surface area (Å²) in [6, 6.07) is 5.20. The Morgan fingerprint density at radius 3 is 2.39 bits per heavy atom. The number of nitrogens with one attached hydrogen (secondary N) is 1. The van der Waals surface area contributed by atoms with E-state index < -0.39 is 20.6 Å². The number of carbonyl (C=O) groups excluding carboxylic acids is 2. The number of nitrogens with zero attached hydrogens (tertiary/aromatic N) is 3. The van der Waals surface area contributed by atoms with Crippen molar-refractivity contribution >= 4 is 27.5 Å². The minimum atomic E-state index is -4.03. The second-order valence-electron chi connectivity index (χ2n) is 6.36. The number of benzene rings is 1. The van der Waals surface area contributed by atoms with Crippen LogP contribution in [0.15, 0.2) is 29.2 Å². The summed E-state index contributed by atoms with van der Waals surface area (Å²) >= 11 is 0. The Labute approximate surface area is 163 Å². The van der Waals surface area contributed by atoms with Gasteiger partial charge < -0.3 is 10.2 Å². The van der Waals surface area contributed by atoms with E-state index in [2.05, 4.69) is 5.32 Å². The molecule has 2 rings (SSSR count). The Hall–Kier alpha value is -2.53. The third kappa shape index (κ3) is 5.26. The molecular weight excluding hydrogens is 388 g/mol. The van der Waals surface area contributed by atoms with Gasteiger partial charge in [-0.1, -0.05) is 19.1 Å². The predicted molar refractivity (Wildman–Crippen MR) is 101 cm³/mol. The molecule has 10 nitrogen and oxygen atoms in total. The molecule has 0 bridgehead atoms. The fourth-order valence-electron chi connectivity index (χ4n) is 2.87. The third-order valence-electron chi connectivity index (χ3n) is 4.41. The number of sulfonamides is 1. The van der Waals surface area contributed by atoms with Crippen molar-refractivity contribution in [3.05, 3.63) is 34.4 Å². The van der Waals surface area contributed by atoms with Crippen LogP contribution in [0.5, 0.6) is 0 Å². The Morgan fingerprint density at radius 1 is 1.14 bits per heavy atom. The van der Waals surface area contributed by atoms with Crippen molar-refractivity contribution in [1.29, 1.82) is 0 Å². The Balaban J connectivity index is 1.95. The van der Waals surface area contributed by atoms with E-state index in [-0.39, 0.29) is 55.7 Å². The molecule has 28 heavy (non-hydrogen) atoms. The first-order valence-electron chi connectivity index (χ1n) is 9.05. The number of carbonyl (C=O) groups is 2. The van der Waals surface area contributed by atoms with Crippen LogP contribution in [0.25, 0.3) is 0 Å². The molecule has 0 aromatic heterocycles. The largest absolute Gasteiger partial charge is 0.356 e. The van der Waals surface area contributed by atoms with E-state index in [0.29, 0.717) is 6.54 Å². The highest BCUT2D eigenvalue weighted by atomic mass is 32.2. The van der Waals surface area contributed by atoms with Gasteiger partial charge in [0.1, 0.15) is 0 Å². The molecule has 1 N–H and O–H groups in total. The summed E-state index contributed by atoms with van der Waals surface area (Å²) in [6.45, 7) is 2.94. The minimum absolute atomic E-state index is 0.0438. The van der Waals surface area contributed by atoms with Gasteiger partial charge in [-0.2, -0.15) is 4.31 Å². The van der Waals surface area contributed by atoms with E-state index in [1.807, 2.05) is 6.92 Å². The van der Waals surface area contributed by atoms with Crippen molar-refractivity contribution in [3.63, 3.8) is 0 Å². The van der Waals surface area contributed by atoms with Crippen LogP contribution in [-0.2, 0) is 19.6 Å². The van der Waals surface area contributed by atoms with Crippen LogP contribution in [0.4, 0.5) is 5.69 Å². The molecule has 1 aromatic rings. The Kier molecular flexibility index (Phi) is 7.46. The summed E-state index contributed by atoms with van der Waals surface area (Å²) in [7, 11) is -4.03. The van der Waals surface area contributed by atoms with Gasteiger partial charge in [-0.25, -0.2) is 8.42 Å². The van der Waals surface area contributed by atoms with Crippen LogP contribution in [0.1, 0.15) is 26.2 Å². The number of nitro groups is 1. The van der Waals surface area contributed by atoms with Gasteiger partial charge in [-0.15, -0.1) is 0 Å². The van der Waals surface area contributed by atoms with Gasteiger partial charge in [0.05, 0.1) is 4.92 Å². The van der Waals surface area contributed by atoms with Gasteiger partial charge in [0, 0.05) is 51.6 Å². The number of rotatable bonds is 8. The molecule has 11 heteroatoms. The lowest BCUT2D eigenvalue weighted by atomic mass is 10.2. The third-order valence-corrected chi connectivity index (χ3v) is 6.36. The molecule has 154 valence electrons. The standard InChI is InChI=1S/C17H24N4O6S/c1-2-9-18-16(22)7-8-17(23)19-10-12-20(13-11-19)28(26,27)15-6-4-3-5-14(15)21(24)25/h3-6H,2,7-13H2,1H3,(H,18,22). The Morgan fingerprint density at radius 2 is 1.79 bits per heavy atom. The molecule has 0 unspecified atom stereocenters. The lowest BCUT2D eigenvalue weighted by Gasteiger charge is -2.34. The average Bonchev–Trinajstić information content (AvgIpc) is 2.70. The molecule has 1 aromatic carbocycles. The van der Waals surface area contributed by atoms with Gasteiger partial charge >= 0.3 is 0 Å². The molecule has 0 aliphatic carbocycles. The molecule has 0 saturated carbocycles.